The molecule has 28 heavy (non-hydrogen) atoms. The molecule has 0 amide bonds. The first-order valence-corrected chi connectivity index (χ1v) is 9.12. The van der Waals surface area contributed by atoms with Gasteiger partial charge in [-0.25, -0.2) is 4.98 Å². The number of nitrogens with one attached hydrogen (secondary N) is 3. The second kappa shape index (κ2) is 6.83. The lowest BCUT2D eigenvalue weighted by Gasteiger charge is -2.12. The number of H-pyrrole nitrogens is 1. The molecule has 5 rings (SSSR count). The van der Waals surface area contributed by atoms with E-state index in [4.69, 9.17) is 16.6 Å². The van der Waals surface area contributed by atoms with Crippen molar-refractivity contribution in [1.82, 2.24) is 20.2 Å². The average molecular weight is 387 g/mol. The molecule has 0 bridgehead atoms. The van der Waals surface area contributed by atoms with E-state index in [2.05, 4.69) is 25.8 Å². The van der Waals surface area contributed by atoms with Crippen LogP contribution in [0.2, 0.25) is 5.02 Å². The molecule has 0 aliphatic carbocycles. The highest BCUT2D eigenvalue weighted by Gasteiger charge is 2.09. The largest absolute Gasteiger partial charge is 0.340 e. The number of para-hydroxylation sites is 1. The van der Waals surface area contributed by atoms with E-state index in [-0.39, 0.29) is 0 Å². The van der Waals surface area contributed by atoms with Gasteiger partial charge in [0.2, 0.25) is 5.95 Å². The summed E-state index contributed by atoms with van der Waals surface area (Å²) in [7, 11) is 0. The van der Waals surface area contributed by atoms with E-state index in [9.17, 15) is 0 Å². The van der Waals surface area contributed by atoms with Crippen LogP contribution >= 0.6 is 11.6 Å². The van der Waals surface area contributed by atoms with Gasteiger partial charge < -0.3 is 10.6 Å². The zero-order valence-corrected chi connectivity index (χ0v) is 15.4. The number of fused-ring (bicyclic) bond motifs is 2. The van der Waals surface area contributed by atoms with Crippen LogP contribution in [-0.4, -0.2) is 20.2 Å². The van der Waals surface area contributed by atoms with Crippen molar-refractivity contribution in [1.29, 1.82) is 0 Å². The van der Waals surface area contributed by atoms with E-state index in [1.807, 2.05) is 66.7 Å². The SMILES string of the molecule is Clc1ccc(Nc2nc(Nc3ccc4[nH]ncc4c3)c3ccccc3n2)cc1. The second-order valence-electron chi connectivity index (χ2n) is 6.34. The number of hydrogen-bond acceptors (Lipinski definition) is 5. The molecular weight excluding hydrogens is 372 g/mol. The Balaban J connectivity index is 1.55. The predicted molar refractivity (Wildman–Crippen MR) is 114 cm³/mol. The molecule has 0 radical (unpaired) electrons. The van der Waals surface area contributed by atoms with Crippen molar-refractivity contribution in [2.45, 2.75) is 0 Å². The zero-order chi connectivity index (χ0) is 18.9. The summed E-state index contributed by atoms with van der Waals surface area (Å²) in [6, 6.07) is 21.3. The van der Waals surface area contributed by atoms with E-state index in [1.54, 1.807) is 6.20 Å². The van der Waals surface area contributed by atoms with Gasteiger partial charge in [-0.15, -0.1) is 0 Å². The third-order valence-electron chi connectivity index (χ3n) is 4.41. The summed E-state index contributed by atoms with van der Waals surface area (Å²) in [5.74, 6) is 1.23. The maximum Gasteiger partial charge on any atom is 0.229 e. The average Bonchev–Trinajstić information content (AvgIpc) is 3.18. The molecule has 3 N–H and O–H groups in total. The Morgan fingerprint density at radius 1 is 0.821 bits per heavy atom. The summed E-state index contributed by atoms with van der Waals surface area (Å²) in [5, 5.41) is 16.3. The van der Waals surface area contributed by atoms with E-state index in [0.717, 1.165) is 39.0 Å². The van der Waals surface area contributed by atoms with E-state index >= 15 is 0 Å². The molecule has 0 aliphatic rings. The van der Waals surface area contributed by atoms with E-state index in [1.165, 1.54) is 0 Å². The van der Waals surface area contributed by atoms with Crippen LogP contribution in [0.15, 0.2) is 72.9 Å². The van der Waals surface area contributed by atoms with Crippen molar-refractivity contribution < 1.29 is 0 Å². The molecule has 5 aromatic rings. The Hall–Kier alpha value is -3.64. The maximum atomic E-state index is 5.97. The summed E-state index contributed by atoms with van der Waals surface area (Å²) in [6.45, 7) is 0. The Bertz CT molecular complexity index is 1280. The first-order valence-electron chi connectivity index (χ1n) is 8.74. The Labute approximate surface area is 165 Å². The molecule has 2 heterocycles. The van der Waals surface area contributed by atoms with Crippen LogP contribution < -0.4 is 10.6 Å². The molecule has 7 heteroatoms. The smallest absolute Gasteiger partial charge is 0.229 e. The van der Waals surface area contributed by atoms with Crippen LogP contribution in [0.5, 0.6) is 0 Å². The third kappa shape index (κ3) is 3.21. The lowest BCUT2D eigenvalue weighted by molar-refractivity contribution is 1.12. The number of aromatic amines is 1. The van der Waals surface area contributed by atoms with Crippen molar-refractivity contribution in [2.24, 2.45) is 0 Å². The molecule has 6 nitrogen and oxygen atoms in total. The van der Waals surface area contributed by atoms with Gasteiger partial charge in [0.15, 0.2) is 0 Å². The van der Waals surface area contributed by atoms with Crippen LogP contribution in [0, 0.1) is 0 Å². The summed E-state index contributed by atoms with van der Waals surface area (Å²) < 4.78 is 0. The van der Waals surface area contributed by atoms with Crippen molar-refractivity contribution >= 4 is 56.5 Å². The van der Waals surface area contributed by atoms with E-state index < -0.39 is 0 Å². The van der Waals surface area contributed by atoms with Gasteiger partial charge in [-0.05, 0) is 54.6 Å². The number of anilines is 4. The highest BCUT2D eigenvalue weighted by atomic mass is 35.5. The van der Waals surface area contributed by atoms with Gasteiger partial charge >= 0.3 is 0 Å². The standard InChI is InChI=1S/C21H15ClN6/c22-14-5-7-15(8-6-14)25-21-26-19-4-2-1-3-17(19)20(27-21)24-16-9-10-18-13(11-16)12-23-28-18/h1-12H,(H,23,28)(H2,24,25,26,27). The summed E-state index contributed by atoms with van der Waals surface area (Å²) >= 11 is 5.97. The molecule has 0 atom stereocenters. The topological polar surface area (TPSA) is 78.5 Å². The fourth-order valence-electron chi connectivity index (χ4n) is 3.05. The van der Waals surface area contributed by atoms with Gasteiger partial charge in [0.1, 0.15) is 5.82 Å². The number of aromatic nitrogens is 4. The van der Waals surface area contributed by atoms with Crippen LogP contribution in [0.3, 0.4) is 0 Å². The van der Waals surface area contributed by atoms with Crippen molar-refractivity contribution in [3.63, 3.8) is 0 Å². The molecule has 0 saturated heterocycles. The van der Waals surface area contributed by atoms with Crippen LogP contribution in [0.4, 0.5) is 23.1 Å². The first-order chi connectivity index (χ1) is 13.7. The number of hydrogen-bond donors (Lipinski definition) is 3. The van der Waals surface area contributed by atoms with E-state index in [0.29, 0.717) is 11.0 Å². The van der Waals surface area contributed by atoms with Gasteiger partial charge in [-0.3, -0.25) is 5.10 Å². The van der Waals surface area contributed by atoms with Gasteiger partial charge in [-0.2, -0.15) is 10.1 Å². The monoisotopic (exact) mass is 386 g/mol. The summed E-state index contributed by atoms with van der Waals surface area (Å²) in [5.41, 5.74) is 3.63. The zero-order valence-electron chi connectivity index (χ0n) is 14.6. The molecule has 0 saturated carbocycles. The van der Waals surface area contributed by atoms with Gasteiger partial charge in [-0.1, -0.05) is 23.7 Å². The number of rotatable bonds is 4. The number of nitrogens with zero attached hydrogens (tertiary/aromatic N) is 3. The molecule has 0 unspecified atom stereocenters. The minimum atomic E-state index is 0.507. The lowest BCUT2D eigenvalue weighted by atomic mass is 10.2. The summed E-state index contributed by atoms with van der Waals surface area (Å²) in [4.78, 5) is 9.32. The van der Waals surface area contributed by atoms with Crippen LogP contribution in [0.1, 0.15) is 0 Å². The van der Waals surface area contributed by atoms with Crippen LogP contribution in [0.25, 0.3) is 21.8 Å². The molecule has 136 valence electrons. The Morgan fingerprint density at radius 3 is 2.54 bits per heavy atom. The van der Waals surface area contributed by atoms with Crippen molar-refractivity contribution in [3.8, 4) is 0 Å². The molecule has 0 aliphatic heterocycles. The molecule has 2 aromatic heterocycles. The third-order valence-corrected chi connectivity index (χ3v) is 4.66. The fourth-order valence-corrected chi connectivity index (χ4v) is 3.17. The minimum Gasteiger partial charge on any atom is -0.340 e. The highest BCUT2D eigenvalue weighted by Crippen LogP contribution is 2.27. The Morgan fingerprint density at radius 2 is 1.64 bits per heavy atom. The Kier molecular flexibility index (Phi) is 4.03. The lowest BCUT2D eigenvalue weighted by Crippen LogP contribution is -2.02. The highest BCUT2D eigenvalue weighted by molar-refractivity contribution is 6.30. The van der Waals surface area contributed by atoms with Crippen molar-refractivity contribution in [3.05, 3.63) is 77.9 Å². The normalized spacial score (nSPS) is 11.0. The first kappa shape index (κ1) is 16.5. The number of benzene rings is 3. The van der Waals surface area contributed by atoms with Gasteiger partial charge in [0.25, 0.3) is 0 Å². The number of halogens is 1. The minimum absolute atomic E-state index is 0.507. The van der Waals surface area contributed by atoms with Gasteiger partial charge in [0.05, 0.1) is 17.2 Å². The molecule has 0 spiro atoms. The summed E-state index contributed by atoms with van der Waals surface area (Å²) in [6.07, 6.45) is 1.80. The second-order valence-corrected chi connectivity index (χ2v) is 6.78. The van der Waals surface area contributed by atoms with Crippen molar-refractivity contribution in [2.75, 3.05) is 10.6 Å². The van der Waals surface area contributed by atoms with Gasteiger partial charge in [0, 0.05) is 27.2 Å². The maximum absolute atomic E-state index is 5.97. The quantitative estimate of drug-likeness (QED) is 0.372. The molecule has 3 aromatic carbocycles. The fraction of sp³-hybridized carbons (Fsp3) is 0. The van der Waals surface area contributed by atoms with Crippen LogP contribution in [-0.2, 0) is 0 Å². The molecule has 0 fully saturated rings. The molecular formula is C21H15ClN6. The predicted octanol–water partition coefficient (Wildman–Crippen LogP) is 5.65.